The molecule has 4 heterocycles. The molecule has 2 radical (unpaired) electrons. The van der Waals surface area contributed by atoms with E-state index in [1.807, 2.05) is 100 Å². The van der Waals surface area contributed by atoms with Gasteiger partial charge in [-0.05, 0) is 91.7 Å². The number of para-hydroxylation sites is 2. The van der Waals surface area contributed by atoms with Crippen molar-refractivity contribution in [2.45, 2.75) is 38.1 Å². The van der Waals surface area contributed by atoms with Crippen LogP contribution in [0.15, 0.2) is 91.0 Å². The predicted octanol–water partition coefficient (Wildman–Crippen LogP) is 6.81. The van der Waals surface area contributed by atoms with Gasteiger partial charge in [0.05, 0.1) is 25.3 Å². The summed E-state index contributed by atoms with van der Waals surface area (Å²) in [5.41, 5.74) is 15.3. The standard InChI is InChI=1S/C44H41N5O6.2Y/c1-46-22-31-16-28-9-5-7-11-35(28)48(31)43(50)33-18-39(52-3)41(20-37(33)46)54-24-26-13-27(15-30(45)14-26)25-55-42-21-38-34(19-40(42)53-4)44(51)49-32(23-47(38)2)17-29-10-6-8-12-36(29)49;;/h5-15,18-23,31-32H,16-17,24-25,45H2,1-4H3;;/q-2;;/t31-,32-;;/m0../s1. The number of amides is 2. The summed E-state index contributed by atoms with van der Waals surface area (Å²) in [6.07, 6.45) is 1.51. The van der Waals surface area contributed by atoms with Gasteiger partial charge < -0.3 is 44.3 Å². The molecular formula is C44H41N5O6Y2-2. The van der Waals surface area contributed by atoms with Gasteiger partial charge in [-0.2, -0.15) is 0 Å². The molecule has 0 aliphatic carbocycles. The topological polar surface area (TPSA) is 110 Å². The zero-order chi connectivity index (χ0) is 38.0. The molecular weight excluding hydrogens is 872 g/mol. The quantitative estimate of drug-likeness (QED) is 0.133. The average molecular weight is 914 g/mol. The van der Waals surface area contributed by atoms with Gasteiger partial charge >= 0.3 is 0 Å². The van der Waals surface area contributed by atoms with Gasteiger partial charge in [-0.15, -0.1) is 0 Å². The van der Waals surface area contributed by atoms with Gasteiger partial charge in [0.1, 0.15) is 13.2 Å². The molecule has 0 fully saturated rings. The summed E-state index contributed by atoms with van der Waals surface area (Å²) >= 11 is 0. The van der Waals surface area contributed by atoms with Crippen molar-refractivity contribution in [2.75, 3.05) is 53.6 Å². The number of hydrogen-bond acceptors (Lipinski definition) is 9. The number of fused-ring (bicyclic) bond motifs is 8. The van der Waals surface area contributed by atoms with Crippen molar-refractivity contribution in [2.24, 2.45) is 0 Å². The molecule has 13 heteroatoms. The molecule has 11 nitrogen and oxygen atoms in total. The van der Waals surface area contributed by atoms with E-state index >= 15 is 0 Å². The Balaban J connectivity index is 0.00000248. The zero-order valence-corrected chi connectivity index (χ0v) is 37.9. The summed E-state index contributed by atoms with van der Waals surface area (Å²) < 4.78 is 24.2. The zero-order valence-electron chi connectivity index (χ0n) is 32.3. The van der Waals surface area contributed by atoms with Crippen LogP contribution in [0, 0.1) is 13.1 Å². The van der Waals surface area contributed by atoms with E-state index < -0.39 is 0 Å². The maximum Gasteiger partial charge on any atom is 0.258 e. The van der Waals surface area contributed by atoms with E-state index in [1.54, 1.807) is 26.4 Å². The SMILES string of the molecule is COc1cc2c(cc1OCc1cc(N)cc(COc3cc4c(cc3OC)C(=O)N3c5ccccc5C[C@H]3[CH-]N4C)c1)N(C)[CH-][C@@H]1Cc3ccccc3N1C2=O.[Y].[Y]. The predicted molar refractivity (Wildman–Crippen MR) is 212 cm³/mol. The molecule has 2 amide bonds. The summed E-state index contributed by atoms with van der Waals surface area (Å²) in [6.45, 7) is 4.56. The number of carbonyl (C=O) groups is 2. The number of hydrogen-bond donors (Lipinski definition) is 1. The van der Waals surface area contributed by atoms with Crippen molar-refractivity contribution in [1.29, 1.82) is 0 Å². The summed E-state index contributed by atoms with van der Waals surface area (Å²) in [5.74, 6) is 1.77. The Hall–Kier alpha value is -4.15. The summed E-state index contributed by atoms with van der Waals surface area (Å²) in [4.78, 5) is 35.7. The number of methoxy groups -OCH3 is 2. The van der Waals surface area contributed by atoms with E-state index in [4.69, 9.17) is 24.7 Å². The van der Waals surface area contributed by atoms with Crippen molar-refractivity contribution in [1.82, 2.24) is 0 Å². The molecule has 0 unspecified atom stereocenters. The Bertz CT molecular complexity index is 2220. The number of anilines is 5. The van der Waals surface area contributed by atoms with Gasteiger partial charge in [0.25, 0.3) is 11.8 Å². The van der Waals surface area contributed by atoms with Crippen LogP contribution >= 0.6 is 0 Å². The minimum Gasteiger partial charge on any atom is -0.522 e. The Morgan fingerprint density at radius 3 is 1.44 bits per heavy atom. The smallest absolute Gasteiger partial charge is 0.258 e. The molecule has 0 spiro atoms. The Morgan fingerprint density at radius 1 is 0.596 bits per heavy atom. The molecule has 57 heavy (non-hydrogen) atoms. The van der Waals surface area contributed by atoms with Gasteiger partial charge in [0, 0.05) is 106 Å². The number of nitrogens with zero attached hydrogens (tertiary/aromatic N) is 4. The first-order chi connectivity index (χ1) is 26.7. The third-order valence-electron chi connectivity index (χ3n) is 10.9. The van der Waals surface area contributed by atoms with Crippen molar-refractivity contribution < 1.29 is 94.0 Å². The molecule has 5 aromatic rings. The third-order valence-corrected chi connectivity index (χ3v) is 10.9. The second-order valence-electron chi connectivity index (χ2n) is 14.4. The fourth-order valence-corrected chi connectivity index (χ4v) is 8.37. The molecule has 0 saturated carbocycles. The maximum absolute atomic E-state index is 14.0. The largest absolute Gasteiger partial charge is 0.522 e. The second-order valence-corrected chi connectivity index (χ2v) is 14.4. The fourth-order valence-electron chi connectivity index (χ4n) is 8.37. The van der Waals surface area contributed by atoms with Crippen LogP contribution in [0.25, 0.3) is 0 Å². The maximum atomic E-state index is 14.0. The van der Waals surface area contributed by atoms with Crippen molar-refractivity contribution in [3.63, 3.8) is 0 Å². The normalized spacial score (nSPS) is 17.4. The van der Waals surface area contributed by atoms with E-state index in [1.165, 1.54) is 0 Å². The first kappa shape index (κ1) is 41.0. The monoisotopic (exact) mass is 913 g/mol. The van der Waals surface area contributed by atoms with Gasteiger partial charge in [-0.1, -0.05) is 48.5 Å². The van der Waals surface area contributed by atoms with Crippen LogP contribution in [-0.4, -0.2) is 52.2 Å². The van der Waals surface area contributed by atoms with Crippen LogP contribution < -0.4 is 44.3 Å². The molecule has 5 aromatic carbocycles. The third kappa shape index (κ3) is 7.41. The van der Waals surface area contributed by atoms with E-state index in [-0.39, 0.29) is 103 Å². The van der Waals surface area contributed by atoms with E-state index in [0.717, 1.165) is 57.8 Å². The number of nitrogens with two attached hydrogens (primary N) is 1. The van der Waals surface area contributed by atoms with Gasteiger partial charge in [0.15, 0.2) is 23.0 Å². The molecule has 2 atom stereocenters. The number of ether oxygens (including phenoxy) is 4. The van der Waals surface area contributed by atoms with Crippen LogP contribution in [-0.2, 0) is 91.5 Å². The van der Waals surface area contributed by atoms with E-state index in [9.17, 15) is 9.59 Å². The Kier molecular flexibility index (Phi) is 12.0. The average Bonchev–Trinajstić information content (AvgIpc) is 3.69. The van der Waals surface area contributed by atoms with Gasteiger partial charge in [0.2, 0.25) is 0 Å². The first-order valence-electron chi connectivity index (χ1n) is 18.3. The minimum absolute atomic E-state index is 0. The number of rotatable bonds is 8. The summed E-state index contributed by atoms with van der Waals surface area (Å²) in [7, 11) is 7.05. The van der Waals surface area contributed by atoms with Crippen LogP contribution in [0.4, 0.5) is 28.4 Å². The van der Waals surface area contributed by atoms with E-state index in [2.05, 4.69) is 25.2 Å². The van der Waals surface area contributed by atoms with Crippen LogP contribution in [0.5, 0.6) is 23.0 Å². The minimum atomic E-state index is -0.0889. The van der Waals surface area contributed by atoms with Crippen molar-refractivity contribution in [3.05, 3.63) is 137 Å². The number of likely N-dealkylation sites (N-methyl/N-ethyl adjacent to an activating group) is 2. The molecule has 0 saturated heterocycles. The summed E-state index contributed by atoms with van der Waals surface area (Å²) in [5, 5.41) is 0. The van der Waals surface area contributed by atoms with E-state index in [0.29, 0.717) is 39.8 Å². The number of nitrogen functional groups attached to an aromatic ring is 1. The molecule has 2 N–H and O–H groups in total. The first-order valence-corrected chi connectivity index (χ1v) is 18.3. The van der Waals surface area contributed by atoms with Crippen molar-refractivity contribution >= 4 is 40.3 Å². The Morgan fingerprint density at radius 2 is 1.02 bits per heavy atom. The van der Waals surface area contributed by atoms with Crippen molar-refractivity contribution in [3.8, 4) is 23.0 Å². The summed E-state index contributed by atoms with van der Waals surface area (Å²) in [6, 6.07) is 28.8. The van der Waals surface area contributed by atoms with Gasteiger partial charge in [-0.3, -0.25) is 9.59 Å². The van der Waals surface area contributed by atoms with Gasteiger partial charge in [-0.25, -0.2) is 13.1 Å². The molecule has 286 valence electrons. The second kappa shape index (κ2) is 16.6. The van der Waals surface area contributed by atoms with Crippen LogP contribution in [0.1, 0.15) is 43.0 Å². The molecule has 0 aromatic heterocycles. The fraction of sp³-hybridized carbons (Fsp3) is 0.227. The number of benzene rings is 5. The number of carbonyl (C=O) groups excluding carboxylic acids is 2. The van der Waals surface area contributed by atoms with Crippen LogP contribution in [0.2, 0.25) is 0 Å². The molecule has 9 rings (SSSR count). The van der Waals surface area contributed by atoms with Crippen LogP contribution in [0.3, 0.4) is 0 Å². The molecule has 4 aliphatic rings. The molecule has 0 bridgehead atoms. The Labute approximate surface area is 383 Å². The molecule has 4 aliphatic heterocycles.